The number of alkyl halides is 3. The molecule has 0 atom stereocenters. The monoisotopic (exact) mass is 286 g/mol. The number of carbonyl (C=O) groups is 2. The molecule has 0 radical (unpaired) electrons. The van der Waals surface area contributed by atoms with Gasteiger partial charge in [0.1, 0.15) is 0 Å². The lowest BCUT2D eigenvalue weighted by Gasteiger charge is -2.12. The summed E-state index contributed by atoms with van der Waals surface area (Å²) in [6.07, 6.45) is -1.46. The summed E-state index contributed by atoms with van der Waals surface area (Å²) < 4.78 is 36.6. The highest BCUT2D eigenvalue weighted by Crippen LogP contribution is 2.24. The molecule has 0 aliphatic heterocycles. The van der Waals surface area contributed by atoms with E-state index in [-0.39, 0.29) is 11.4 Å². The van der Waals surface area contributed by atoms with Crippen molar-refractivity contribution in [3.05, 3.63) is 36.4 Å². The lowest BCUT2D eigenvalue weighted by Crippen LogP contribution is -2.30. The molecule has 0 spiro atoms. The van der Waals surface area contributed by atoms with Crippen LogP contribution in [0.4, 0.5) is 24.5 Å². The molecular weight excluding hydrogens is 273 g/mol. The zero-order valence-corrected chi connectivity index (χ0v) is 10.6. The summed E-state index contributed by atoms with van der Waals surface area (Å²) in [5.41, 5.74) is -0.0241. The Morgan fingerprint density at radius 3 is 2.20 bits per heavy atom. The van der Waals surface area contributed by atoms with E-state index in [2.05, 4.69) is 5.32 Å². The minimum atomic E-state index is -4.99. The van der Waals surface area contributed by atoms with Gasteiger partial charge in [0.15, 0.2) is 0 Å². The SMILES string of the molecule is CC/C=C/C(=O)Nc1ccccc1NC(=O)C(F)(F)F. The molecule has 1 aromatic carbocycles. The normalized spacial score (nSPS) is 11.4. The van der Waals surface area contributed by atoms with Gasteiger partial charge in [-0.3, -0.25) is 9.59 Å². The van der Waals surface area contributed by atoms with Gasteiger partial charge in [0, 0.05) is 0 Å². The van der Waals surface area contributed by atoms with Crippen LogP contribution in [0.3, 0.4) is 0 Å². The number of benzene rings is 1. The molecule has 7 heteroatoms. The number of allylic oxidation sites excluding steroid dienone is 1. The van der Waals surface area contributed by atoms with Crippen LogP contribution in [-0.2, 0) is 9.59 Å². The van der Waals surface area contributed by atoms with E-state index >= 15 is 0 Å². The zero-order valence-electron chi connectivity index (χ0n) is 10.6. The van der Waals surface area contributed by atoms with Gasteiger partial charge in [0.2, 0.25) is 5.91 Å². The van der Waals surface area contributed by atoms with Crippen molar-refractivity contribution in [2.24, 2.45) is 0 Å². The summed E-state index contributed by atoms with van der Waals surface area (Å²) in [4.78, 5) is 22.4. The number of rotatable bonds is 4. The molecule has 4 nitrogen and oxygen atoms in total. The van der Waals surface area contributed by atoms with Crippen LogP contribution in [0.25, 0.3) is 0 Å². The fourth-order valence-electron chi connectivity index (χ4n) is 1.29. The Morgan fingerprint density at radius 2 is 1.70 bits per heavy atom. The van der Waals surface area contributed by atoms with Gasteiger partial charge >= 0.3 is 12.1 Å². The Kier molecular flexibility index (Phi) is 5.31. The second-order valence-corrected chi connectivity index (χ2v) is 3.80. The minimum Gasteiger partial charge on any atom is -0.321 e. The highest BCUT2D eigenvalue weighted by atomic mass is 19.4. The molecule has 0 aromatic heterocycles. The summed E-state index contributed by atoms with van der Waals surface area (Å²) in [5.74, 6) is -2.58. The van der Waals surface area contributed by atoms with Crippen molar-refractivity contribution in [2.75, 3.05) is 10.6 Å². The van der Waals surface area contributed by atoms with Crippen molar-refractivity contribution in [1.82, 2.24) is 0 Å². The van der Waals surface area contributed by atoms with Gasteiger partial charge in [0.05, 0.1) is 11.4 Å². The third-order valence-electron chi connectivity index (χ3n) is 2.20. The van der Waals surface area contributed by atoms with Crippen LogP contribution in [0.2, 0.25) is 0 Å². The summed E-state index contributed by atoms with van der Waals surface area (Å²) in [7, 11) is 0. The molecule has 1 aromatic rings. The second-order valence-electron chi connectivity index (χ2n) is 3.80. The molecule has 0 saturated carbocycles. The number of amides is 2. The minimum absolute atomic E-state index is 0.0934. The van der Waals surface area contributed by atoms with Crippen LogP contribution in [0, 0.1) is 0 Å². The molecule has 0 unspecified atom stereocenters. The van der Waals surface area contributed by atoms with Gasteiger partial charge < -0.3 is 10.6 Å². The maximum Gasteiger partial charge on any atom is 0.471 e. The van der Waals surface area contributed by atoms with Crippen LogP contribution in [0.15, 0.2) is 36.4 Å². The molecule has 1 rings (SSSR count). The number of halogens is 3. The van der Waals surface area contributed by atoms with Crippen molar-refractivity contribution in [1.29, 1.82) is 0 Å². The second kappa shape index (κ2) is 6.74. The van der Waals surface area contributed by atoms with E-state index in [0.717, 1.165) is 0 Å². The van der Waals surface area contributed by atoms with E-state index in [1.165, 1.54) is 30.3 Å². The number of anilines is 2. The molecule has 0 aliphatic carbocycles. The zero-order chi connectivity index (χ0) is 15.2. The third-order valence-corrected chi connectivity index (χ3v) is 2.20. The summed E-state index contributed by atoms with van der Waals surface area (Å²) in [6.45, 7) is 1.83. The highest BCUT2D eigenvalue weighted by molar-refractivity contribution is 6.04. The third kappa shape index (κ3) is 4.75. The standard InChI is InChI=1S/C13H13F3N2O2/c1-2-3-8-11(19)17-9-6-4-5-7-10(9)18-12(20)13(14,15)16/h3-8H,2H2,1H3,(H,17,19)(H,18,20)/b8-3+. The number of hydrogen-bond acceptors (Lipinski definition) is 2. The summed E-state index contributed by atoms with van der Waals surface area (Å²) >= 11 is 0. The molecule has 108 valence electrons. The molecule has 0 aliphatic rings. The first kappa shape index (κ1) is 15.7. The van der Waals surface area contributed by atoms with E-state index in [9.17, 15) is 22.8 Å². The molecule has 2 N–H and O–H groups in total. The van der Waals surface area contributed by atoms with Crippen LogP contribution in [0.1, 0.15) is 13.3 Å². The van der Waals surface area contributed by atoms with Gasteiger partial charge in [0.25, 0.3) is 0 Å². The predicted molar refractivity (Wildman–Crippen MR) is 69.2 cm³/mol. The quantitative estimate of drug-likeness (QED) is 0.836. The molecule has 0 fully saturated rings. The molecular formula is C13H13F3N2O2. The van der Waals surface area contributed by atoms with E-state index in [1.807, 2.05) is 6.92 Å². The van der Waals surface area contributed by atoms with Crippen LogP contribution >= 0.6 is 0 Å². The van der Waals surface area contributed by atoms with E-state index in [0.29, 0.717) is 6.42 Å². The number of hydrogen-bond donors (Lipinski definition) is 2. The lowest BCUT2D eigenvalue weighted by atomic mass is 10.2. The molecule has 2 amide bonds. The van der Waals surface area contributed by atoms with E-state index < -0.39 is 18.0 Å². The Balaban J connectivity index is 2.86. The average molecular weight is 286 g/mol. The van der Waals surface area contributed by atoms with E-state index in [1.54, 1.807) is 11.4 Å². The Labute approximate surface area is 113 Å². The fourth-order valence-corrected chi connectivity index (χ4v) is 1.29. The Hall–Kier alpha value is -2.31. The van der Waals surface area contributed by atoms with Gasteiger partial charge in [-0.25, -0.2) is 0 Å². The van der Waals surface area contributed by atoms with Gasteiger partial charge in [-0.2, -0.15) is 13.2 Å². The number of nitrogens with one attached hydrogen (secondary N) is 2. The van der Waals surface area contributed by atoms with Gasteiger partial charge in [-0.15, -0.1) is 0 Å². The average Bonchev–Trinajstić information content (AvgIpc) is 2.37. The maximum atomic E-state index is 12.2. The Morgan fingerprint density at radius 1 is 1.15 bits per heavy atom. The summed E-state index contributed by atoms with van der Waals surface area (Å²) in [5, 5.41) is 4.10. The first-order valence-corrected chi connectivity index (χ1v) is 5.79. The van der Waals surface area contributed by atoms with Crippen LogP contribution in [-0.4, -0.2) is 18.0 Å². The molecule has 20 heavy (non-hydrogen) atoms. The maximum absolute atomic E-state index is 12.2. The highest BCUT2D eigenvalue weighted by Gasteiger charge is 2.38. The Bertz CT molecular complexity index is 525. The van der Waals surface area contributed by atoms with Crippen LogP contribution < -0.4 is 10.6 Å². The van der Waals surface area contributed by atoms with Gasteiger partial charge in [-0.05, 0) is 24.6 Å². The van der Waals surface area contributed by atoms with Crippen LogP contribution in [0.5, 0.6) is 0 Å². The van der Waals surface area contributed by atoms with Crippen molar-refractivity contribution in [3.63, 3.8) is 0 Å². The van der Waals surface area contributed by atoms with Crippen molar-refractivity contribution in [2.45, 2.75) is 19.5 Å². The first-order chi connectivity index (χ1) is 9.34. The van der Waals surface area contributed by atoms with Crippen molar-refractivity contribution >= 4 is 23.2 Å². The molecule has 0 bridgehead atoms. The predicted octanol–water partition coefficient (Wildman–Crippen LogP) is 3.09. The largest absolute Gasteiger partial charge is 0.471 e. The smallest absolute Gasteiger partial charge is 0.321 e. The summed E-state index contributed by atoms with van der Waals surface area (Å²) in [6, 6.07) is 5.64. The van der Waals surface area contributed by atoms with Gasteiger partial charge in [-0.1, -0.05) is 25.1 Å². The van der Waals surface area contributed by atoms with Crippen molar-refractivity contribution in [3.8, 4) is 0 Å². The molecule has 0 saturated heterocycles. The number of para-hydroxylation sites is 2. The van der Waals surface area contributed by atoms with Crippen molar-refractivity contribution < 1.29 is 22.8 Å². The lowest BCUT2D eigenvalue weighted by molar-refractivity contribution is -0.167. The number of carbonyl (C=O) groups excluding carboxylic acids is 2. The first-order valence-electron chi connectivity index (χ1n) is 5.79. The fraction of sp³-hybridized carbons (Fsp3) is 0.231. The van der Waals surface area contributed by atoms with E-state index in [4.69, 9.17) is 0 Å². The topological polar surface area (TPSA) is 58.2 Å². The molecule has 0 heterocycles.